The first-order valence-corrected chi connectivity index (χ1v) is 11.9. The molecule has 12 heteroatoms. The average Bonchev–Trinajstić information content (AvgIpc) is 2.87. The first kappa shape index (κ1) is 28.4. The standard InChI is InChI=1S/C27H25F6N3O3/c1-16-5-3-4-6-20(16)21-13-23(36-7-8-39-25(38)15-36)34-14-22(21)35(2)24(37)11-17-9-18(26(28,29)30)12-19(10-17)27(31,32)33/h3-6,9-10,12-14,25,38H,7-8,11,15H2,1-2H3. The molecule has 0 radical (unpaired) electrons. The Morgan fingerprint density at radius 1 is 1.05 bits per heavy atom. The highest BCUT2D eigenvalue weighted by atomic mass is 19.4. The van der Waals surface area contributed by atoms with Gasteiger partial charge < -0.3 is 19.6 Å². The minimum atomic E-state index is -5.02. The summed E-state index contributed by atoms with van der Waals surface area (Å²) in [5.74, 6) is -0.221. The number of amides is 1. The Bertz CT molecular complexity index is 1330. The van der Waals surface area contributed by atoms with Crippen LogP contribution in [0.1, 0.15) is 22.3 Å². The largest absolute Gasteiger partial charge is 0.416 e. The number of aliphatic hydroxyl groups is 1. The zero-order valence-corrected chi connectivity index (χ0v) is 21.0. The van der Waals surface area contributed by atoms with E-state index in [4.69, 9.17) is 4.74 Å². The Morgan fingerprint density at radius 2 is 1.69 bits per heavy atom. The molecule has 1 unspecified atom stereocenters. The van der Waals surface area contributed by atoms with Crippen LogP contribution in [0.3, 0.4) is 0 Å². The van der Waals surface area contributed by atoms with E-state index in [1.54, 1.807) is 12.1 Å². The summed E-state index contributed by atoms with van der Waals surface area (Å²) < 4.78 is 84.9. The van der Waals surface area contributed by atoms with Gasteiger partial charge >= 0.3 is 12.4 Å². The Kier molecular flexibility index (Phi) is 7.89. The van der Waals surface area contributed by atoms with Gasteiger partial charge in [0.25, 0.3) is 0 Å². The molecule has 2 aromatic carbocycles. The Labute approximate surface area is 220 Å². The quantitative estimate of drug-likeness (QED) is 0.426. The number of benzene rings is 2. The Balaban J connectivity index is 1.71. The number of likely N-dealkylation sites (N-methyl/N-ethyl adjacent to an activating group) is 1. The number of alkyl halides is 6. The molecule has 1 aromatic heterocycles. The molecular weight excluding hydrogens is 528 g/mol. The first-order valence-electron chi connectivity index (χ1n) is 11.9. The van der Waals surface area contributed by atoms with Gasteiger partial charge in [0, 0.05) is 19.2 Å². The van der Waals surface area contributed by atoms with E-state index >= 15 is 0 Å². The van der Waals surface area contributed by atoms with Gasteiger partial charge in [-0.15, -0.1) is 0 Å². The maximum atomic E-state index is 13.3. The third-order valence-electron chi connectivity index (χ3n) is 6.41. The van der Waals surface area contributed by atoms with Crippen molar-refractivity contribution in [3.8, 4) is 11.1 Å². The van der Waals surface area contributed by atoms with Gasteiger partial charge in [-0.1, -0.05) is 24.3 Å². The van der Waals surface area contributed by atoms with Crippen molar-refractivity contribution in [2.75, 3.05) is 36.5 Å². The van der Waals surface area contributed by atoms with Gasteiger partial charge in [0.05, 0.1) is 42.6 Å². The predicted molar refractivity (Wildman–Crippen MR) is 132 cm³/mol. The molecule has 208 valence electrons. The molecule has 0 aliphatic carbocycles. The molecule has 1 N–H and O–H groups in total. The summed E-state index contributed by atoms with van der Waals surface area (Å²) in [6.07, 6.45) is -10.3. The van der Waals surface area contributed by atoms with Crippen LogP contribution in [0.15, 0.2) is 54.7 Å². The third kappa shape index (κ3) is 6.51. The second-order valence-corrected chi connectivity index (χ2v) is 9.19. The van der Waals surface area contributed by atoms with Gasteiger partial charge in [-0.3, -0.25) is 4.79 Å². The summed E-state index contributed by atoms with van der Waals surface area (Å²) in [5.41, 5.74) is -0.873. The van der Waals surface area contributed by atoms with Gasteiger partial charge in [-0.25, -0.2) is 4.98 Å². The monoisotopic (exact) mass is 553 g/mol. The van der Waals surface area contributed by atoms with Crippen LogP contribution in [0, 0.1) is 6.92 Å². The van der Waals surface area contributed by atoms with E-state index in [0.29, 0.717) is 35.7 Å². The molecule has 39 heavy (non-hydrogen) atoms. The smallest absolute Gasteiger partial charge is 0.366 e. The molecular formula is C27H25F6N3O3. The number of β-amino-alcohol motifs (C(OH)–C–C–N with tert-alkyl or cyclic N) is 1. The minimum Gasteiger partial charge on any atom is -0.366 e. The SMILES string of the molecule is Cc1ccccc1-c1cc(N2CCOC(O)C2)ncc1N(C)C(=O)Cc1cc(C(F)(F)F)cc(C(F)(F)F)c1. The summed E-state index contributed by atoms with van der Waals surface area (Å²) in [7, 11) is 1.39. The van der Waals surface area contributed by atoms with Crippen molar-refractivity contribution in [3.05, 3.63) is 77.0 Å². The van der Waals surface area contributed by atoms with Crippen LogP contribution in [0.4, 0.5) is 37.8 Å². The van der Waals surface area contributed by atoms with Crippen LogP contribution in [0.2, 0.25) is 0 Å². The summed E-state index contributed by atoms with van der Waals surface area (Å²) in [5, 5.41) is 9.88. The molecule has 4 rings (SSSR count). The number of rotatable bonds is 5. The molecule has 0 bridgehead atoms. The highest BCUT2D eigenvalue weighted by molar-refractivity contribution is 5.99. The molecule has 6 nitrogen and oxygen atoms in total. The lowest BCUT2D eigenvalue weighted by atomic mass is 9.98. The van der Waals surface area contributed by atoms with Crippen LogP contribution in [-0.4, -0.2) is 49.0 Å². The van der Waals surface area contributed by atoms with Gasteiger partial charge in [-0.05, 0) is 47.9 Å². The number of nitrogens with zero attached hydrogens (tertiary/aromatic N) is 3. The number of ether oxygens (including phenoxy) is 1. The van der Waals surface area contributed by atoms with Gasteiger partial charge in [0.15, 0.2) is 6.29 Å². The number of pyridine rings is 1. The minimum absolute atomic E-state index is 0.0270. The molecule has 1 aliphatic heterocycles. The third-order valence-corrected chi connectivity index (χ3v) is 6.41. The normalized spacial score (nSPS) is 16.3. The summed E-state index contributed by atoms with van der Waals surface area (Å²) in [6.45, 7) is 2.77. The fourth-order valence-corrected chi connectivity index (χ4v) is 4.36. The van der Waals surface area contributed by atoms with E-state index in [-0.39, 0.29) is 19.2 Å². The van der Waals surface area contributed by atoms with Crippen molar-refractivity contribution < 1.29 is 41.0 Å². The van der Waals surface area contributed by atoms with Crippen LogP contribution < -0.4 is 9.80 Å². The van der Waals surface area contributed by atoms with Crippen LogP contribution in [0.25, 0.3) is 11.1 Å². The number of halogens is 6. The van der Waals surface area contributed by atoms with Gasteiger partial charge in [0.1, 0.15) is 5.82 Å². The second-order valence-electron chi connectivity index (χ2n) is 9.19. The zero-order valence-electron chi connectivity index (χ0n) is 21.0. The molecule has 1 fully saturated rings. The highest BCUT2D eigenvalue weighted by Crippen LogP contribution is 2.38. The van der Waals surface area contributed by atoms with Gasteiger partial charge in [-0.2, -0.15) is 26.3 Å². The van der Waals surface area contributed by atoms with Gasteiger partial charge in [0.2, 0.25) is 5.91 Å². The lowest BCUT2D eigenvalue weighted by molar-refractivity contribution is -0.143. The van der Waals surface area contributed by atoms with E-state index in [1.807, 2.05) is 30.0 Å². The highest BCUT2D eigenvalue weighted by Gasteiger charge is 2.37. The molecule has 3 aromatic rings. The number of morpholine rings is 1. The Morgan fingerprint density at radius 3 is 2.28 bits per heavy atom. The lowest BCUT2D eigenvalue weighted by Gasteiger charge is -2.32. The second kappa shape index (κ2) is 10.9. The van der Waals surface area contributed by atoms with E-state index in [1.165, 1.54) is 18.1 Å². The summed E-state index contributed by atoms with van der Waals surface area (Å²) >= 11 is 0. The molecule has 2 heterocycles. The average molecular weight is 554 g/mol. The van der Waals surface area contributed by atoms with Crippen LogP contribution in [0.5, 0.6) is 0 Å². The number of aryl methyl sites for hydroxylation is 1. The summed E-state index contributed by atoms with van der Waals surface area (Å²) in [4.78, 5) is 20.6. The van der Waals surface area contributed by atoms with Crippen molar-refractivity contribution in [3.63, 3.8) is 0 Å². The maximum absolute atomic E-state index is 13.3. The van der Waals surface area contributed by atoms with Crippen molar-refractivity contribution in [2.24, 2.45) is 0 Å². The van der Waals surface area contributed by atoms with E-state index < -0.39 is 47.7 Å². The Hall–Kier alpha value is -3.64. The topological polar surface area (TPSA) is 65.9 Å². The molecule has 1 amide bonds. The number of aliphatic hydroxyl groups excluding tert-OH is 1. The molecule has 0 saturated carbocycles. The molecule has 1 saturated heterocycles. The van der Waals surface area contributed by atoms with E-state index in [0.717, 1.165) is 11.1 Å². The predicted octanol–water partition coefficient (Wildman–Crippen LogP) is 5.46. The molecule has 0 spiro atoms. The summed E-state index contributed by atoms with van der Waals surface area (Å²) in [6, 6.07) is 10.2. The number of carbonyl (C=O) groups excluding carboxylic acids is 1. The fraction of sp³-hybridized carbons (Fsp3) is 0.333. The van der Waals surface area contributed by atoms with Crippen molar-refractivity contribution in [1.29, 1.82) is 0 Å². The van der Waals surface area contributed by atoms with Crippen molar-refractivity contribution in [2.45, 2.75) is 32.0 Å². The number of carbonyl (C=O) groups is 1. The fourth-order valence-electron chi connectivity index (χ4n) is 4.36. The van der Waals surface area contributed by atoms with E-state index in [2.05, 4.69) is 4.98 Å². The number of anilines is 2. The number of aromatic nitrogens is 1. The lowest BCUT2D eigenvalue weighted by Crippen LogP contribution is -2.42. The van der Waals surface area contributed by atoms with Crippen LogP contribution >= 0.6 is 0 Å². The number of hydrogen-bond acceptors (Lipinski definition) is 5. The van der Waals surface area contributed by atoms with Crippen molar-refractivity contribution in [1.82, 2.24) is 4.98 Å². The zero-order chi connectivity index (χ0) is 28.5. The van der Waals surface area contributed by atoms with Crippen LogP contribution in [-0.2, 0) is 28.3 Å². The van der Waals surface area contributed by atoms with Crippen molar-refractivity contribution >= 4 is 17.4 Å². The molecule has 1 aliphatic rings. The molecule has 1 atom stereocenters. The number of hydrogen-bond donors (Lipinski definition) is 1. The maximum Gasteiger partial charge on any atom is 0.416 e. The first-order chi connectivity index (χ1) is 18.2. The van der Waals surface area contributed by atoms with E-state index in [9.17, 15) is 36.2 Å².